The van der Waals surface area contributed by atoms with Crippen molar-refractivity contribution in [3.63, 3.8) is 0 Å². The molecule has 1 aromatic heterocycles. The predicted octanol–water partition coefficient (Wildman–Crippen LogP) is 1.14. The molecular formula is C10H15N3O. The maximum absolute atomic E-state index is 11.3. The monoisotopic (exact) mass is 193 g/mol. The van der Waals surface area contributed by atoms with Gasteiger partial charge in [0.15, 0.2) is 0 Å². The number of hydrogen-bond donors (Lipinski definition) is 1. The topological polar surface area (TPSA) is 54.9 Å². The lowest BCUT2D eigenvalue weighted by molar-refractivity contribution is -0.121. The fourth-order valence-electron chi connectivity index (χ4n) is 1.05. The Morgan fingerprint density at radius 3 is 2.93 bits per heavy atom. The highest BCUT2D eigenvalue weighted by Gasteiger charge is 2.03. The molecule has 4 nitrogen and oxygen atoms in total. The Morgan fingerprint density at radius 1 is 1.57 bits per heavy atom. The Kier molecular flexibility index (Phi) is 4.04. The molecule has 1 amide bonds. The molecule has 0 atom stereocenters. The average Bonchev–Trinajstić information content (AvgIpc) is 2.15. The van der Waals surface area contributed by atoms with Crippen LogP contribution < -0.4 is 5.32 Å². The van der Waals surface area contributed by atoms with Gasteiger partial charge in [-0.3, -0.25) is 4.79 Å². The minimum Gasteiger partial charge on any atom is -0.350 e. The summed E-state index contributed by atoms with van der Waals surface area (Å²) < 4.78 is 0. The van der Waals surface area contributed by atoms with E-state index in [1.165, 1.54) is 6.33 Å². The number of carbonyl (C=O) groups excluding carboxylic acids is 1. The summed E-state index contributed by atoms with van der Waals surface area (Å²) in [6, 6.07) is 1.79. The molecule has 1 aromatic rings. The number of aromatic nitrogens is 2. The highest BCUT2D eigenvalue weighted by atomic mass is 16.1. The largest absolute Gasteiger partial charge is 0.350 e. The van der Waals surface area contributed by atoms with E-state index in [1.807, 2.05) is 13.8 Å². The van der Waals surface area contributed by atoms with Gasteiger partial charge in [0.1, 0.15) is 6.33 Å². The quantitative estimate of drug-likeness (QED) is 0.780. The second-order valence-electron chi connectivity index (χ2n) is 3.58. The Labute approximate surface area is 83.8 Å². The lowest BCUT2D eigenvalue weighted by atomic mass is 10.1. The van der Waals surface area contributed by atoms with Gasteiger partial charge >= 0.3 is 0 Å². The van der Waals surface area contributed by atoms with E-state index < -0.39 is 0 Å². The van der Waals surface area contributed by atoms with Gasteiger partial charge in [0.2, 0.25) is 5.91 Å². The number of rotatable bonds is 4. The van der Waals surface area contributed by atoms with E-state index in [-0.39, 0.29) is 5.91 Å². The highest BCUT2D eigenvalue weighted by Crippen LogP contribution is 1.98. The van der Waals surface area contributed by atoms with E-state index in [2.05, 4.69) is 15.3 Å². The van der Waals surface area contributed by atoms with Crippen molar-refractivity contribution < 1.29 is 4.79 Å². The van der Waals surface area contributed by atoms with Crippen molar-refractivity contribution in [3.8, 4) is 0 Å². The Balaban J connectivity index is 2.31. The van der Waals surface area contributed by atoms with Gasteiger partial charge in [-0.2, -0.15) is 0 Å². The molecule has 0 aliphatic rings. The number of hydrogen-bond acceptors (Lipinski definition) is 3. The molecule has 4 heteroatoms. The molecular weight excluding hydrogens is 178 g/mol. The molecule has 14 heavy (non-hydrogen) atoms. The molecule has 0 radical (unpaired) electrons. The normalized spacial score (nSPS) is 10.2. The van der Waals surface area contributed by atoms with Gasteiger partial charge in [0.05, 0.1) is 12.2 Å². The van der Waals surface area contributed by atoms with Crippen LogP contribution in [0.5, 0.6) is 0 Å². The summed E-state index contributed by atoms with van der Waals surface area (Å²) >= 11 is 0. The van der Waals surface area contributed by atoms with Crippen LogP contribution in [0.3, 0.4) is 0 Å². The van der Waals surface area contributed by atoms with Crippen LogP contribution in [0.2, 0.25) is 0 Å². The molecule has 1 heterocycles. The summed E-state index contributed by atoms with van der Waals surface area (Å²) in [7, 11) is 0. The van der Waals surface area contributed by atoms with E-state index in [0.29, 0.717) is 18.9 Å². The summed E-state index contributed by atoms with van der Waals surface area (Å²) in [6.07, 6.45) is 3.70. The zero-order valence-corrected chi connectivity index (χ0v) is 8.53. The minimum atomic E-state index is 0.0682. The fourth-order valence-corrected chi connectivity index (χ4v) is 1.05. The molecule has 1 N–H and O–H groups in total. The van der Waals surface area contributed by atoms with E-state index in [4.69, 9.17) is 0 Å². The third-order valence-electron chi connectivity index (χ3n) is 1.70. The first-order valence-electron chi connectivity index (χ1n) is 4.70. The SMILES string of the molecule is CC(C)CC(=O)NCc1ccncn1. The van der Waals surface area contributed by atoms with E-state index in [0.717, 1.165) is 5.69 Å². The fraction of sp³-hybridized carbons (Fsp3) is 0.500. The first kappa shape index (κ1) is 10.6. The summed E-state index contributed by atoms with van der Waals surface area (Å²) in [5.41, 5.74) is 0.831. The average molecular weight is 193 g/mol. The highest BCUT2D eigenvalue weighted by molar-refractivity contribution is 5.75. The maximum Gasteiger partial charge on any atom is 0.220 e. The first-order valence-corrected chi connectivity index (χ1v) is 4.70. The van der Waals surface area contributed by atoms with E-state index in [9.17, 15) is 4.79 Å². The van der Waals surface area contributed by atoms with Crippen molar-refractivity contribution in [1.29, 1.82) is 0 Å². The standard InChI is InChI=1S/C10H15N3O/c1-8(2)5-10(14)12-6-9-3-4-11-7-13-9/h3-4,7-8H,5-6H2,1-2H3,(H,12,14). The summed E-state index contributed by atoms with van der Waals surface area (Å²) in [6.45, 7) is 4.52. The molecule has 76 valence electrons. The lowest BCUT2D eigenvalue weighted by Crippen LogP contribution is -2.24. The van der Waals surface area contributed by atoms with Gasteiger partial charge in [-0.05, 0) is 12.0 Å². The molecule has 0 aliphatic heterocycles. The van der Waals surface area contributed by atoms with Crippen LogP contribution in [0.15, 0.2) is 18.6 Å². The second kappa shape index (κ2) is 5.32. The van der Waals surface area contributed by atoms with Crippen molar-refractivity contribution in [2.45, 2.75) is 26.8 Å². The van der Waals surface area contributed by atoms with Crippen molar-refractivity contribution in [2.24, 2.45) is 5.92 Å². The van der Waals surface area contributed by atoms with Crippen LogP contribution in [0.4, 0.5) is 0 Å². The molecule has 0 fully saturated rings. The van der Waals surface area contributed by atoms with Crippen LogP contribution in [0, 0.1) is 5.92 Å². The molecule has 0 bridgehead atoms. The molecule has 1 rings (SSSR count). The van der Waals surface area contributed by atoms with E-state index >= 15 is 0 Å². The summed E-state index contributed by atoms with van der Waals surface area (Å²) in [4.78, 5) is 19.1. The Morgan fingerprint density at radius 2 is 2.36 bits per heavy atom. The van der Waals surface area contributed by atoms with Gasteiger partial charge in [-0.1, -0.05) is 13.8 Å². The van der Waals surface area contributed by atoms with Crippen molar-refractivity contribution in [2.75, 3.05) is 0 Å². The third kappa shape index (κ3) is 3.98. The van der Waals surface area contributed by atoms with Crippen molar-refractivity contribution in [3.05, 3.63) is 24.3 Å². The van der Waals surface area contributed by atoms with Gasteiger partial charge < -0.3 is 5.32 Å². The maximum atomic E-state index is 11.3. The first-order chi connectivity index (χ1) is 6.68. The smallest absolute Gasteiger partial charge is 0.220 e. The van der Waals surface area contributed by atoms with Crippen LogP contribution >= 0.6 is 0 Å². The number of amides is 1. The second-order valence-corrected chi connectivity index (χ2v) is 3.58. The van der Waals surface area contributed by atoms with Gasteiger partial charge in [0, 0.05) is 12.6 Å². The molecule has 0 unspecified atom stereocenters. The zero-order valence-electron chi connectivity index (χ0n) is 8.53. The summed E-state index contributed by atoms with van der Waals surface area (Å²) in [5, 5.41) is 2.80. The van der Waals surface area contributed by atoms with Crippen LogP contribution in [-0.4, -0.2) is 15.9 Å². The van der Waals surface area contributed by atoms with Crippen molar-refractivity contribution >= 4 is 5.91 Å². The molecule has 0 saturated heterocycles. The number of carbonyl (C=O) groups is 1. The number of nitrogens with zero attached hydrogens (tertiary/aromatic N) is 2. The molecule has 0 saturated carbocycles. The Bertz CT molecular complexity index is 285. The van der Waals surface area contributed by atoms with Crippen molar-refractivity contribution in [1.82, 2.24) is 15.3 Å². The van der Waals surface area contributed by atoms with Crippen LogP contribution in [-0.2, 0) is 11.3 Å². The molecule has 0 spiro atoms. The molecule has 0 aliphatic carbocycles. The van der Waals surface area contributed by atoms with E-state index in [1.54, 1.807) is 12.3 Å². The minimum absolute atomic E-state index is 0.0682. The lowest BCUT2D eigenvalue weighted by Gasteiger charge is -2.05. The van der Waals surface area contributed by atoms with Gasteiger partial charge in [-0.25, -0.2) is 9.97 Å². The Hall–Kier alpha value is -1.45. The summed E-state index contributed by atoms with van der Waals surface area (Å²) in [5.74, 6) is 0.457. The number of nitrogens with one attached hydrogen (secondary N) is 1. The van der Waals surface area contributed by atoms with Crippen LogP contribution in [0.25, 0.3) is 0 Å². The third-order valence-corrected chi connectivity index (χ3v) is 1.70. The van der Waals surface area contributed by atoms with Crippen LogP contribution in [0.1, 0.15) is 26.0 Å². The predicted molar refractivity (Wildman–Crippen MR) is 53.3 cm³/mol. The van der Waals surface area contributed by atoms with Gasteiger partial charge in [0.25, 0.3) is 0 Å². The van der Waals surface area contributed by atoms with Gasteiger partial charge in [-0.15, -0.1) is 0 Å². The zero-order chi connectivity index (χ0) is 10.4. The molecule has 0 aromatic carbocycles.